The lowest BCUT2D eigenvalue weighted by atomic mass is 10.5. The molecule has 0 saturated heterocycles. The molecule has 0 radical (unpaired) electrons. The van der Waals surface area contributed by atoms with Gasteiger partial charge in [-0.15, -0.1) is 11.3 Å². The average molecular weight is 199 g/mol. The highest BCUT2D eigenvalue weighted by molar-refractivity contribution is 7.14. The quantitative estimate of drug-likeness (QED) is 0.733. The first kappa shape index (κ1) is 10.1. The number of amides is 1. The molecule has 3 nitrogen and oxygen atoms in total. The number of hydrogen-bond acceptors (Lipinski definition) is 3. The molecule has 0 aliphatic carbocycles. The van der Waals surface area contributed by atoms with Crippen LogP contribution in [0.3, 0.4) is 0 Å². The van der Waals surface area contributed by atoms with Crippen LogP contribution in [-0.2, 0) is 4.74 Å². The maximum absolute atomic E-state index is 11.4. The largest absolute Gasteiger partial charge is 0.446 e. The Morgan fingerprint density at radius 3 is 2.77 bits per heavy atom. The Morgan fingerprint density at radius 1 is 1.62 bits per heavy atom. The van der Waals surface area contributed by atoms with E-state index in [9.17, 15) is 4.79 Å². The van der Waals surface area contributed by atoms with E-state index in [1.807, 2.05) is 31.4 Å². The summed E-state index contributed by atoms with van der Waals surface area (Å²) >= 11 is 1.51. The number of thiophene rings is 1. The normalized spacial score (nSPS) is 10.2. The highest BCUT2D eigenvalue weighted by Crippen LogP contribution is 2.20. The lowest BCUT2D eigenvalue weighted by Gasteiger charge is -2.16. The Balaban J connectivity index is 2.58. The summed E-state index contributed by atoms with van der Waals surface area (Å²) in [6, 6.07) is 3.78. The fourth-order valence-corrected chi connectivity index (χ4v) is 1.52. The smallest absolute Gasteiger partial charge is 0.414 e. The minimum absolute atomic E-state index is 0.0742. The van der Waals surface area contributed by atoms with Gasteiger partial charge in [0.1, 0.15) is 5.00 Å². The zero-order chi connectivity index (χ0) is 9.84. The number of hydrogen-bond donors (Lipinski definition) is 0. The molecule has 13 heavy (non-hydrogen) atoms. The molecule has 1 amide bonds. The van der Waals surface area contributed by atoms with Gasteiger partial charge in [-0.25, -0.2) is 4.79 Å². The second kappa shape index (κ2) is 4.28. The van der Waals surface area contributed by atoms with Crippen LogP contribution in [0.5, 0.6) is 0 Å². The van der Waals surface area contributed by atoms with E-state index in [0.29, 0.717) is 0 Å². The van der Waals surface area contributed by atoms with Crippen molar-refractivity contribution in [2.75, 3.05) is 11.9 Å². The molecule has 0 aliphatic heterocycles. The molecule has 0 aromatic carbocycles. The first-order chi connectivity index (χ1) is 6.11. The molecule has 1 rings (SSSR count). The van der Waals surface area contributed by atoms with E-state index >= 15 is 0 Å². The Labute approximate surface area is 81.9 Å². The van der Waals surface area contributed by atoms with Crippen LogP contribution in [0.2, 0.25) is 0 Å². The van der Waals surface area contributed by atoms with Gasteiger partial charge in [-0.2, -0.15) is 0 Å². The number of anilines is 1. The summed E-state index contributed by atoms with van der Waals surface area (Å²) in [6.45, 7) is 3.67. The number of carbonyl (C=O) groups excluding carboxylic acids is 1. The molecule has 1 aromatic rings. The summed E-state index contributed by atoms with van der Waals surface area (Å²) in [4.78, 5) is 12.9. The topological polar surface area (TPSA) is 29.5 Å². The van der Waals surface area contributed by atoms with Gasteiger partial charge in [0, 0.05) is 7.05 Å². The lowest BCUT2D eigenvalue weighted by molar-refractivity contribution is 0.124. The number of nitrogens with zero attached hydrogens (tertiary/aromatic N) is 1. The summed E-state index contributed by atoms with van der Waals surface area (Å²) in [7, 11) is 1.70. The minimum Gasteiger partial charge on any atom is -0.446 e. The third kappa shape index (κ3) is 2.73. The molecule has 1 aromatic heterocycles. The van der Waals surface area contributed by atoms with E-state index in [0.717, 1.165) is 5.00 Å². The molecule has 0 unspecified atom stereocenters. The number of carbonyl (C=O) groups is 1. The van der Waals surface area contributed by atoms with Gasteiger partial charge in [0.05, 0.1) is 6.10 Å². The van der Waals surface area contributed by atoms with Crippen LogP contribution in [0.15, 0.2) is 17.5 Å². The molecule has 4 heteroatoms. The molecule has 72 valence electrons. The van der Waals surface area contributed by atoms with E-state index in [-0.39, 0.29) is 12.2 Å². The second-order valence-electron chi connectivity index (χ2n) is 2.94. The van der Waals surface area contributed by atoms with Gasteiger partial charge in [0.25, 0.3) is 0 Å². The van der Waals surface area contributed by atoms with Gasteiger partial charge in [-0.3, -0.25) is 4.90 Å². The third-order valence-corrected chi connectivity index (χ3v) is 2.39. The first-order valence-corrected chi connectivity index (χ1v) is 4.97. The molecule has 0 aliphatic rings. The zero-order valence-electron chi connectivity index (χ0n) is 7.98. The van der Waals surface area contributed by atoms with Crippen molar-refractivity contribution in [2.24, 2.45) is 0 Å². The van der Waals surface area contributed by atoms with Crippen LogP contribution in [0, 0.1) is 0 Å². The highest BCUT2D eigenvalue weighted by atomic mass is 32.1. The van der Waals surface area contributed by atoms with Crippen molar-refractivity contribution in [1.29, 1.82) is 0 Å². The molecule has 0 bridgehead atoms. The van der Waals surface area contributed by atoms with Crippen molar-refractivity contribution >= 4 is 22.4 Å². The van der Waals surface area contributed by atoms with Crippen LogP contribution in [0.25, 0.3) is 0 Å². The van der Waals surface area contributed by atoms with E-state index in [4.69, 9.17) is 4.74 Å². The van der Waals surface area contributed by atoms with Gasteiger partial charge in [-0.05, 0) is 31.4 Å². The molecule has 1 heterocycles. The second-order valence-corrected chi connectivity index (χ2v) is 3.87. The van der Waals surface area contributed by atoms with Gasteiger partial charge in [-0.1, -0.05) is 0 Å². The van der Waals surface area contributed by atoms with E-state index < -0.39 is 0 Å². The molecule has 0 spiro atoms. The lowest BCUT2D eigenvalue weighted by Crippen LogP contribution is -2.28. The first-order valence-electron chi connectivity index (χ1n) is 4.09. The molecule has 0 saturated carbocycles. The summed E-state index contributed by atoms with van der Waals surface area (Å²) in [5.41, 5.74) is 0. The van der Waals surface area contributed by atoms with E-state index in [1.165, 1.54) is 16.2 Å². The maximum Gasteiger partial charge on any atom is 0.414 e. The Bertz CT molecular complexity index is 269. The Hall–Kier alpha value is -1.03. The monoisotopic (exact) mass is 199 g/mol. The molecule has 0 fully saturated rings. The minimum atomic E-state index is -0.308. The number of rotatable bonds is 2. The number of ether oxygens (including phenoxy) is 1. The maximum atomic E-state index is 11.4. The summed E-state index contributed by atoms with van der Waals surface area (Å²) in [6.07, 6.45) is -0.382. The molecular weight excluding hydrogens is 186 g/mol. The van der Waals surface area contributed by atoms with Crippen molar-refractivity contribution in [3.8, 4) is 0 Å². The van der Waals surface area contributed by atoms with Crippen molar-refractivity contribution < 1.29 is 9.53 Å². The van der Waals surface area contributed by atoms with Gasteiger partial charge >= 0.3 is 6.09 Å². The van der Waals surface area contributed by atoms with Crippen molar-refractivity contribution in [2.45, 2.75) is 20.0 Å². The van der Waals surface area contributed by atoms with Crippen LogP contribution in [-0.4, -0.2) is 19.2 Å². The molecule has 0 atom stereocenters. The van der Waals surface area contributed by atoms with Crippen LogP contribution in [0.4, 0.5) is 9.80 Å². The average Bonchev–Trinajstić information content (AvgIpc) is 2.53. The highest BCUT2D eigenvalue weighted by Gasteiger charge is 2.13. The van der Waals surface area contributed by atoms with Crippen molar-refractivity contribution in [3.05, 3.63) is 17.5 Å². The van der Waals surface area contributed by atoms with Crippen LogP contribution in [0.1, 0.15) is 13.8 Å². The van der Waals surface area contributed by atoms with Gasteiger partial charge in [0.15, 0.2) is 0 Å². The predicted molar refractivity (Wildman–Crippen MR) is 54.3 cm³/mol. The zero-order valence-corrected chi connectivity index (χ0v) is 8.80. The molecule has 0 N–H and O–H groups in total. The fraction of sp³-hybridized carbons (Fsp3) is 0.444. The van der Waals surface area contributed by atoms with Crippen LogP contribution < -0.4 is 4.90 Å². The van der Waals surface area contributed by atoms with Crippen molar-refractivity contribution in [1.82, 2.24) is 0 Å². The van der Waals surface area contributed by atoms with Gasteiger partial charge < -0.3 is 4.74 Å². The Kier molecular flexibility index (Phi) is 3.31. The van der Waals surface area contributed by atoms with Crippen molar-refractivity contribution in [3.63, 3.8) is 0 Å². The van der Waals surface area contributed by atoms with Crippen LogP contribution >= 0.6 is 11.3 Å². The molecular formula is C9H13NO2S. The predicted octanol–water partition coefficient (Wildman–Crippen LogP) is 2.73. The summed E-state index contributed by atoms with van der Waals surface area (Å²) < 4.78 is 5.03. The van der Waals surface area contributed by atoms with Gasteiger partial charge in [0.2, 0.25) is 0 Å². The van der Waals surface area contributed by atoms with E-state index in [2.05, 4.69) is 0 Å². The summed E-state index contributed by atoms with van der Waals surface area (Å²) in [5.74, 6) is 0. The standard InChI is InChI=1S/C9H13NO2S/c1-7(2)12-9(11)10(3)8-5-4-6-13-8/h4-7H,1-3H3. The summed E-state index contributed by atoms with van der Waals surface area (Å²) in [5, 5.41) is 2.82. The fourth-order valence-electron chi connectivity index (χ4n) is 0.831. The van der Waals surface area contributed by atoms with E-state index in [1.54, 1.807) is 7.05 Å². The third-order valence-electron chi connectivity index (χ3n) is 1.45. The SMILES string of the molecule is CC(C)OC(=O)N(C)c1cccs1. The Morgan fingerprint density at radius 2 is 2.31 bits per heavy atom.